The highest BCUT2D eigenvalue weighted by atomic mass is 35.5. The summed E-state index contributed by atoms with van der Waals surface area (Å²) in [6.07, 6.45) is 5.35. The number of carbonyl (C=O) groups is 1. The molecule has 12 heteroatoms. The smallest absolute Gasteiger partial charge is 0.220 e. The van der Waals surface area contributed by atoms with E-state index in [0.29, 0.717) is 29.3 Å². The van der Waals surface area contributed by atoms with Crippen LogP contribution in [0.5, 0.6) is 5.75 Å². The molecule has 2 saturated carbocycles. The van der Waals surface area contributed by atoms with Crippen LogP contribution < -0.4 is 10.1 Å². The first-order chi connectivity index (χ1) is 23.5. The second kappa shape index (κ2) is 16.9. The number of halogens is 2. The number of likely N-dealkylation sites (N-methyl/N-ethyl adjacent to an activating group) is 1. The molecule has 2 aromatic carbocycles. The summed E-state index contributed by atoms with van der Waals surface area (Å²) in [6, 6.07) is 13.0. The molecule has 49 heavy (non-hydrogen) atoms. The molecule has 0 saturated heterocycles. The van der Waals surface area contributed by atoms with E-state index in [4.69, 9.17) is 37.8 Å². The Balaban J connectivity index is 1.15. The molecule has 2 aliphatic carbocycles. The monoisotopic (exact) mass is 715 g/mol. The second-order valence-corrected chi connectivity index (χ2v) is 14.2. The van der Waals surface area contributed by atoms with E-state index in [9.17, 15) is 20.1 Å². The predicted octanol–water partition coefficient (Wildman–Crippen LogP) is 4.64. The van der Waals surface area contributed by atoms with Gasteiger partial charge in [-0.2, -0.15) is 0 Å². The minimum atomic E-state index is -1.60. The Morgan fingerprint density at radius 1 is 1.02 bits per heavy atom. The van der Waals surface area contributed by atoms with Gasteiger partial charge in [0.05, 0.1) is 31.0 Å². The zero-order chi connectivity index (χ0) is 35.1. The minimum absolute atomic E-state index is 0.197. The molecule has 1 aromatic heterocycles. The number of amides is 1. The van der Waals surface area contributed by atoms with Crippen LogP contribution in [0.3, 0.4) is 0 Å². The number of aliphatic hydroxyl groups excluding tert-OH is 4. The van der Waals surface area contributed by atoms with Gasteiger partial charge in [0.1, 0.15) is 24.1 Å². The van der Waals surface area contributed by atoms with E-state index < -0.39 is 36.6 Å². The maximum Gasteiger partial charge on any atom is 0.220 e. The summed E-state index contributed by atoms with van der Waals surface area (Å²) in [5.41, 5.74) is 4.32. The number of aromatic nitrogens is 1. The summed E-state index contributed by atoms with van der Waals surface area (Å²) in [6.45, 7) is -0.182. The molecule has 2 aliphatic rings. The molecule has 4 atom stereocenters. The number of rotatable bonds is 19. The molecule has 1 heterocycles. The molecule has 4 unspecified atom stereocenters. The number of hydrogen-bond acceptors (Lipinski definition) is 9. The SMILES string of the molecule is CN(C)CC(NC(=O)CCCCc1cc(Cl)c(COC2(c3cnccc3-c3ccccc3OC3CC3)CC2)cc1Cl)C(O)C(O)C(O)CO. The van der Waals surface area contributed by atoms with Crippen LogP contribution in [0.2, 0.25) is 10.0 Å². The molecule has 2 fully saturated rings. The van der Waals surface area contributed by atoms with Crippen LogP contribution in [0.25, 0.3) is 11.1 Å². The van der Waals surface area contributed by atoms with Crippen LogP contribution in [0, 0.1) is 0 Å². The second-order valence-electron chi connectivity index (χ2n) is 13.4. The zero-order valence-electron chi connectivity index (χ0n) is 28.0. The number of nitrogens with one attached hydrogen (secondary N) is 1. The van der Waals surface area contributed by atoms with Crippen LogP contribution in [0.1, 0.15) is 61.6 Å². The lowest BCUT2D eigenvalue weighted by molar-refractivity contribution is -0.126. The summed E-state index contributed by atoms with van der Waals surface area (Å²) in [4.78, 5) is 18.9. The van der Waals surface area contributed by atoms with Crippen molar-refractivity contribution in [1.29, 1.82) is 0 Å². The van der Waals surface area contributed by atoms with Gasteiger partial charge in [-0.1, -0.05) is 41.4 Å². The molecular formula is C37H47Cl2N3O7. The number of ether oxygens (including phenoxy) is 2. The van der Waals surface area contributed by atoms with Crippen molar-refractivity contribution < 1.29 is 34.7 Å². The van der Waals surface area contributed by atoms with Crippen LogP contribution in [-0.2, 0) is 28.2 Å². The van der Waals surface area contributed by atoms with Crippen molar-refractivity contribution in [2.45, 2.75) is 94.0 Å². The topological polar surface area (TPSA) is 145 Å². The van der Waals surface area contributed by atoms with Crippen LogP contribution in [0.4, 0.5) is 0 Å². The van der Waals surface area contributed by atoms with Crippen molar-refractivity contribution in [2.24, 2.45) is 0 Å². The number of nitrogens with zero attached hydrogens (tertiary/aromatic N) is 2. The van der Waals surface area contributed by atoms with Crippen molar-refractivity contribution in [2.75, 3.05) is 27.2 Å². The summed E-state index contributed by atoms with van der Waals surface area (Å²) in [7, 11) is 3.53. The number of pyridine rings is 1. The number of aliphatic hydroxyl groups is 4. The Kier molecular flexibility index (Phi) is 12.9. The number of benzene rings is 2. The van der Waals surface area contributed by atoms with E-state index in [-0.39, 0.29) is 31.6 Å². The first-order valence-corrected chi connectivity index (χ1v) is 17.7. The van der Waals surface area contributed by atoms with Crippen LogP contribution >= 0.6 is 23.2 Å². The van der Waals surface area contributed by atoms with Crippen LogP contribution in [0.15, 0.2) is 54.9 Å². The molecule has 5 rings (SSSR count). The summed E-state index contributed by atoms with van der Waals surface area (Å²) in [5, 5.41) is 43.4. The number of hydrogen-bond donors (Lipinski definition) is 5. The predicted molar refractivity (Wildman–Crippen MR) is 189 cm³/mol. The van der Waals surface area contributed by atoms with Gasteiger partial charge in [0.15, 0.2) is 0 Å². The minimum Gasteiger partial charge on any atom is -0.490 e. The van der Waals surface area contributed by atoms with E-state index in [1.54, 1.807) is 25.2 Å². The average Bonchev–Trinajstić information content (AvgIpc) is 4.03. The largest absolute Gasteiger partial charge is 0.490 e. The molecule has 3 aromatic rings. The van der Waals surface area contributed by atoms with Gasteiger partial charge < -0.3 is 40.1 Å². The van der Waals surface area contributed by atoms with Gasteiger partial charge in [-0.3, -0.25) is 9.78 Å². The van der Waals surface area contributed by atoms with Gasteiger partial charge >= 0.3 is 0 Å². The van der Waals surface area contributed by atoms with Crippen molar-refractivity contribution in [3.63, 3.8) is 0 Å². The molecule has 10 nitrogen and oxygen atoms in total. The number of carbonyl (C=O) groups excluding carboxylic acids is 1. The molecular weight excluding hydrogens is 669 g/mol. The standard InChI is InChI=1S/C37H47Cl2N3O7/c1-42(2)20-31(35(46)36(47)32(44)21-43)41-34(45)10-6-3-7-23-17-30(39)24(18-29(23)38)22-48-37(14-15-37)28-19-40-16-13-26(28)27-8-4-5-9-33(27)49-25-11-12-25/h4-5,8-9,13,16-19,25,31-32,35-36,43-44,46-47H,3,6-7,10-12,14-15,20-22H2,1-2H3,(H,41,45). The fourth-order valence-corrected chi connectivity index (χ4v) is 6.51. The number of para-hydroxylation sites is 1. The fourth-order valence-electron chi connectivity index (χ4n) is 5.99. The third kappa shape index (κ3) is 9.92. The van der Waals surface area contributed by atoms with Gasteiger partial charge in [0.2, 0.25) is 5.91 Å². The number of aryl methyl sites for hydroxylation is 1. The molecule has 266 valence electrons. The maximum absolute atomic E-state index is 12.7. The maximum atomic E-state index is 12.7. The molecule has 1 amide bonds. The first-order valence-electron chi connectivity index (χ1n) is 16.9. The van der Waals surface area contributed by atoms with Crippen molar-refractivity contribution >= 4 is 29.1 Å². The molecule has 0 aliphatic heterocycles. The van der Waals surface area contributed by atoms with Gasteiger partial charge in [0, 0.05) is 46.5 Å². The van der Waals surface area contributed by atoms with Crippen molar-refractivity contribution in [1.82, 2.24) is 15.2 Å². The normalized spacial score (nSPS) is 17.7. The summed E-state index contributed by atoms with van der Waals surface area (Å²) < 4.78 is 12.8. The Hall–Kier alpha value is -2.80. The third-order valence-electron chi connectivity index (χ3n) is 9.08. The quantitative estimate of drug-likeness (QED) is 0.112. The Labute approximate surface area is 298 Å². The molecule has 0 radical (unpaired) electrons. The van der Waals surface area contributed by atoms with Gasteiger partial charge in [-0.15, -0.1) is 0 Å². The van der Waals surface area contributed by atoms with E-state index in [1.807, 2.05) is 42.6 Å². The summed E-state index contributed by atoms with van der Waals surface area (Å²) in [5.74, 6) is 0.583. The lowest BCUT2D eigenvalue weighted by Gasteiger charge is -2.31. The van der Waals surface area contributed by atoms with Crippen molar-refractivity contribution in [3.8, 4) is 16.9 Å². The van der Waals surface area contributed by atoms with Crippen LogP contribution in [-0.4, -0.2) is 93.9 Å². The average molecular weight is 717 g/mol. The lowest BCUT2D eigenvalue weighted by atomic mass is 9.96. The van der Waals surface area contributed by atoms with E-state index in [1.165, 1.54) is 0 Å². The number of unbranched alkanes of at least 4 members (excludes halogenated alkanes) is 1. The van der Waals surface area contributed by atoms with E-state index >= 15 is 0 Å². The molecule has 5 N–H and O–H groups in total. The Morgan fingerprint density at radius 2 is 1.73 bits per heavy atom. The Bertz CT molecular complexity index is 1570. The summed E-state index contributed by atoms with van der Waals surface area (Å²) >= 11 is 13.4. The Morgan fingerprint density at radius 3 is 2.43 bits per heavy atom. The van der Waals surface area contributed by atoms with Gasteiger partial charge in [-0.05, 0) is 100.0 Å². The first kappa shape index (κ1) is 37.5. The highest BCUT2D eigenvalue weighted by molar-refractivity contribution is 6.34. The van der Waals surface area contributed by atoms with Crippen molar-refractivity contribution in [3.05, 3.63) is 81.6 Å². The zero-order valence-corrected chi connectivity index (χ0v) is 29.5. The molecule has 0 bridgehead atoms. The highest BCUT2D eigenvalue weighted by Crippen LogP contribution is 2.53. The third-order valence-corrected chi connectivity index (χ3v) is 9.79. The van der Waals surface area contributed by atoms with Gasteiger partial charge in [-0.25, -0.2) is 0 Å². The highest BCUT2D eigenvalue weighted by Gasteiger charge is 2.48. The fraction of sp³-hybridized carbons (Fsp3) is 0.514. The van der Waals surface area contributed by atoms with E-state index in [0.717, 1.165) is 59.3 Å². The van der Waals surface area contributed by atoms with E-state index in [2.05, 4.69) is 16.4 Å². The lowest BCUT2D eigenvalue weighted by Crippen LogP contribution is -2.56. The molecule has 0 spiro atoms. The van der Waals surface area contributed by atoms with Gasteiger partial charge in [0.25, 0.3) is 0 Å².